The zero-order chi connectivity index (χ0) is 15.5. The van der Waals surface area contributed by atoms with E-state index in [1.165, 1.54) is 0 Å². The van der Waals surface area contributed by atoms with Gasteiger partial charge in [-0.3, -0.25) is 10.2 Å². The molecule has 8 heteroatoms. The topological polar surface area (TPSA) is 106 Å². The second-order valence-corrected chi connectivity index (χ2v) is 5.92. The Bertz CT molecular complexity index is 682. The molecule has 1 aliphatic rings. The number of rotatable bonds is 4. The Morgan fingerprint density at radius 2 is 2.00 bits per heavy atom. The number of sulfonamides is 1. The largest absolute Gasteiger partial charge is 0.476 e. The molecule has 0 aromatic heterocycles. The van der Waals surface area contributed by atoms with E-state index in [1.54, 1.807) is 31.2 Å². The number of nitrogens with zero attached hydrogens (tertiary/aromatic N) is 1. The van der Waals surface area contributed by atoms with Gasteiger partial charge in [0, 0.05) is 0 Å². The number of hydrogen-bond donors (Lipinski definition) is 1. The zero-order valence-corrected chi connectivity index (χ0v) is 12.1. The minimum Gasteiger partial charge on any atom is -0.476 e. The predicted octanol–water partition coefficient (Wildman–Crippen LogP) is 0.897. The van der Waals surface area contributed by atoms with Crippen LogP contribution < -0.4 is 0 Å². The summed E-state index contributed by atoms with van der Waals surface area (Å²) in [6.45, 7) is 1.72. The molecule has 1 N–H and O–H groups in total. The maximum Gasteiger partial charge on any atom is 0.333 e. The number of nitrogens with one attached hydrogen (secondary N) is 1. The first kappa shape index (κ1) is 15.2. The average molecular weight is 310 g/mol. The summed E-state index contributed by atoms with van der Waals surface area (Å²) in [7, 11) is -4.15. The van der Waals surface area contributed by atoms with Crippen LogP contribution in [0.2, 0.25) is 0 Å². The van der Waals surface area contributed by atoms with E-state index in [2.05, 4.69) is 4.40 Å². The Hall–Kier alpha value is -2.22. The summed E-state index contributed by atoms with van der Waals surface area (Å²) < 4.78 is 36.8. The van der Waals surface area contributed by atoms with Crippen molar-refractivity contribution in [2.45, 2.75) is 18.8 Å². The zero-order valence-electron chi connectivity index (χ0n) is 11.3. The minimum atomic E-state index is -4.15. The Morgan fingerprint density at radius 1 is 1.33 bits per heavy atom. The van der Waals surface area contributed by atoms with E-state index in [-0.39, 0.29) is 19.1 Å². The highest BCUT2D eigenvalue weighted by Crippen LogP contribution is 2.18. The first-order chi connectivity index (χ1) is 9.95. The first-order valence-corrected chi connectivity index (χ1v) is 7.72. The summed E-state index contributed by atoms with van der Waals surface area (Å²) in [5.74, 6) is -1.37. The highest BCUT2D eigenvalue weighted by atomic mass is 32.2. The van der Waals surface area contributed by atoms with Crippen LogP contribution in [0.5, 0.6) is 0 Å². The average Bonchev–Trinajstić information content (AvgIpc) is 2.67. The van der Waals surface area contributed by atoms with Gasteiger partial charge in [-0.25, -0.2) is 8.42 Å². The van der Waals surface area contributed by atoms with Crippen molar-refractivity contribution in [1.29, 1.82) is 5.41 Å². The normalized spacial score (nSPS) is 20.0. The van der Waals surface area contributed by atoms with Gasteiger partial charge in [-0.2, -0.15) is 0 Å². The molecule has 1 aliphatic heterocycles. The molecule has 0 amide bonds. The Labute approximate surface area is 122 Å². The van der Waals surface area contributed by atoms with Gasteiger partial charge in [-0.1, -0.05) is 30.3 Å². The molecule has 21 heavy (non-hydrogen) atoms. The molecule has 7 nitrogen and oxygen atoms in total. The molecule has 0 radical (unpaired) electrons. The number of ether oxygens (including phenoxy) is 2. The fourth-order valence-electron chi connectivity index (χ4n) is 1.76. The summed E-state index contributed by atoms with van der Waals surface area (Å²) in [6.07, 6.45) is 0. The number of benzene rings is 1. The summed E-state index contributed by atoms with van der Waals surface area (Å²) in [5.41, 5.74) is 0.230. The molecule has 0 saturated heterocycles. The Balaban J connectivity index is 2.08. The number of carbonyl (C=O) groups is 1. The van der Waals surface area contributed by atoms with Crippen molar-refractivity contribution in [2.24, 2.45) is 4.40 Å². The van der Waals surface area contributed by atoms with Crippen molar-refractivity contribution >= 4 is 27.6 Å². The van der Waals surface area contributed by atoms with Gasteiger partial charge in [-0.05, 0) is 12.5 Å². The second-order valence-electron chi connectivity index (χ2n) is 4.23. The molecule has 0 spiro atoms. The minimum absolute atomic E-state index is 0.0665. The highest BCUT2D eigenvalue weighted by Gasteiger charge is 2.46. The van der Waals surface area contributed by atoms with Crippen LogP contribution in [0.15, 0.2) is 34.7 Å². The van der Waals surface area contributed by atoms with Gasteiger partial charge in [-0.15, -0.1) is 4.40 Å². The van der Waals surface area contributed by atoms with E-state index >= 15 is 0 Å². The van der Waals surface area contributed by atoms with Crippen LogP contribution in [0.4, 0.5) is 0 Å². The third-order valence-corrected chi connectivity index (χ3v) is 4.16. The maximum atomic E-state index is 11.9. The van der Waals surface area contributed by atoms with Crippen LogP contribution in [-0.2, 0) is 30.9 Å². The summed E-state index contributed by atoms with van der Waals surface area (Å²) >= 11 is 0. The molecule has 1 aromatic rings. The van der Waals surface area contributed by atoms with E-state index < -0.39 is 27.0 Å². The fraction of sp³-hybridized carbons (Fsp3) is 0.308. The van der Waals surface area contributed by atoms with Gasteiger partial charge in [0.05, 0.1) is 6.61 Å². The van der Waals surface area contributed by atoms with Gasteiger partial charge in [0.25, 0.3) is 10.0 Å². The van der Waals surface area contributed by atoms with Crippen LogP contribution in [-0.4, -0.2) is 37.9 Å². The van der Waals surface area contributed by atoms with Crippen LogP contribution in [0.3, 0.4) is 0 Å². The standard InChI is InChI=1S/C13H14N2O5S/c1-2-19-12-10(14)11(21(17,18)15-12)13(16)20-8-9-6-4-3-5-7-9/h3-7,11,14H,2,8H2,1H3. The van der Waals surface area contributed by atoms with Crippen LogP contribution >= 0.6 is 0 Å². The molecular weight excluding hydrogens is 296 g/mol. The predicted molar refractivity (Wildman–Crippen MR) is 75.7 cm³/mol. The van der Waals surface area contributed by atoms with Crippen molar-refractivity contribution < 1.29 is 22.7 Å². The molecule has 0 saturated carbocycles. The molecular formula is C13H14N2O5S. The second kappa shape index (κ2) is 6.04. The third-order valence-electron chi connectivity index (χ3n) is 2.72. The van der Waals surface area contributed by atoms with Gasteiger partial charge >= 0.3 is 5.97 Å². The van der Waals surface area contributed by atoms with Crippen LogP contribution in [0, 0.1) is 5.41 Å². The summed E-state index contributed by atoms with van der Waals surface area (Å²) in [5, 5.41) is 5.95. The molecule has 0 fully saturated rings. The lowest BCUT2D eigenvalue weighted by atomic mass is 10.2. The van der Waals surface area contributed by atoms with Crippen molar-refractivity contribution in [1.82, 2.24) is 0 Å². The van der Waals surface area contributed by atoms with E-state index in [9.17, 15) is 13.2 Å². The first-order valence-electron chi connectivity index (χ1n) is 6.21. The monoisotopic (exact) mass is 310 g/mol. The lowest BCUT2D eigenvalue weighted by Gasteiger charge is -2.09. The molecule has 112 valence electrons. The van der Waals surface area contributed by atoms with E-state index in [0.29, 0.717) is 0 Å². The third kappa shape index (κ3) is 3.27. The van der Waals surface area contributed by atoms with Gasteiger partial charge in [0.15, 0.2) is 0 Å². The number of carbonyl (C=O) groups excluding carboxylic acids is 1. The van der Waals surface area contributed by atoms with Gasteiger partial charge in [0.2, 0.25) is 11.1 Å². The van der Waals surface area contributed by atoms with E-state index in [4.69, 9.17) is 14.9 Å². The highest BCUT2D eigenvalue weighted by molar-refractivity contribution is 7.93. The van der Waals surface area contributed by atoms with Crippen LogP contribution in [0.1, 0.15) is 12.5 Å². The molecule has 2 rings (SSSR count). The number of esters is 1. The maximum absolute atomic E-state index is 11.9. The lowest BCUT2D eigenvalue weighted by molar-refractivity contribution is -0.143. The van der Waals surface area contributed by atoms with Crippen molar-refractivity contribution in [3.8, 4) is 0 Å². The molecule has 1 heterocycles. The number of hydrogen-bond acceptors (Lipinski definition) is 6. The summed E-state index contributed by atoms with van der Waals surface area (Å²) in [6, 6.07) is 8.83. The molecule has 1 atom stereocenters. The molecule has 1 unspecified atom stereocenters. The lowest BCUT2D eigenvalue weighted by Crippen LogP contribution is -2.36. The van der Waals surface area contributed by atoms with Crippen molar-refractivity contribution in [3.05, 3.63) is 35.9 Å². The molecule has 0 bridgehead atoms. The van der Waals surface area contributed by atoms with Crippen molar-refractivity contribution in [3.63, 3.8) is 0 Å². The fourth-order valence-corrected chi connectivity index (χ4v) is 2.96. The van der Waals surface area contributed by atoms with E-state index in [0.717, 1.165) is 5.56 Å². The van der Waals surface area contributed by atoms with Gasteiger partial charge in [0.1, 0.15) is 12.3 Å². The van der Waals surface area contributed by atoms with Crippen LogP contribution in [0.25, 0.3) is 0 Å². The molecule has 1 aromatic carbocycles. The molecule has 0 aliphatic carbocycles. The van der Waals surface area contributed by atoms with E-state index in [1.807, 2.05) is 6.07 Å². The quantitative estimate of drug-likeness (QED) is 0.832. The van der Waals surface area contributed by atoms with Gasteiger partial charge < -0.3 is 9.47 Å². The summed E-state index contributed by atoms with van der Waals surface area (Å²) in [4.78, 5) is 11.9. The van der Waals surface area contributed by atoms with Crippen molar-refractivity contribution in [2.75, 3.05) is 6.61 Å². The SMILES string of the molecule is CCOC1=NS(=O)(=O)C(C(=O)OCc2ccccc2)C1=N. The smallest absolute Gasteiger partial charge is 0.333 e. The Morgan fingerprint density at radius 3 is 2.62 bits per heavy atom. The Kier molecular flexibility index (Phi) is 4.37.